The summed E-state index contributed by atoms with van der Waals surface area (Å²) in [6.07, 6.45) is 4.22. The summed E-state index contributed by atoms with van der Waals surface area (Å²) in [5.74, 6) is 0. The van der Waals surface area contributed by atoms with Gasteiger partial charge in [0, 0.05) is 24.6 Å². The van der Waals surface area contributed by atoms with Crippen LogP contribution in [-0.4, -0.2) is 36.5 Å². The van der Waals surface area contributed by atoms with Crippen LogP contribution in [0, 0.1) is 0 Å². The van der Waals surface area contributed by atoms with Crippen LogP contribution in [0.15, 0.2) is 0 Å². The number of rotatable bonds is 3. The molecule has 0 aromatic rings. The van der Waals surface area contributed by atoms with Gasteiger partial charge in [0.25, 0.3) is 0 Å². The summed E-state index contributed by atoms with van der Waals surface area (Å²) in [5.41, 5.74) is 0. The highest BCUT2D eigenvalue weighted by atomic mass is 79.9. The topological polar surface area (TPSA) is 0 Å². The van der Waals surface area contributed by atoms with Gasteiger partial charge in [-0.2, -0.15) is 0 Å². The lowest BCUT2D eigenvalue weighted by atomic mass is 10.4. The fraction of sp³-hybridized carbons (Fsp3) is 1.00. The molecule has 0 unspecified atom stereocenters. The van der Waals surface area contributed by atoms with Crippen molar-refractivity contribution in [2.24, 2.45) is 0 Å². The average Bonchev–Trinajstić information content (AvgIpc) is 2.33. The predicted molar refractivity (Wildman–Crippen MR) is 48.4 cm³/mol. The Hall–Kier alpha value is 0.920. The molecule has 1 rings (SSSR count). The van der Waals surface area contributed by atoms with E-state index in [4.69, 9.17) is 0 Å². The molecule has 1 nitrogen and oxygen atoms in total. The molecule has 1 heterocycles. The van der Waals surface area contributed by atoms with E-state index in [1.165, 1.54) is 48.7 Å². The summed E-state index contributed by atoms with van der Waals surface area (Å²) in [4.78, 5) is 0. The van der Waals surface area contributed by atoms with Gasteiger partial charge in [0.05, 0.1) is 26.7 Å². The second kappa shape index (κ2) is 5.55. The summed E-state index contributed by atoms with van der Waals surface area (Å²) in [6.45, 7) is 4.19. The van der Waals surface area contributed by atoms with Gasteiger partial charge in [0.15, 0.2) is 0 Å². The second-order valence-corrected chi connectivity index (χ2v) is 4.33. The number of halogens is 2. The summed E-state index contributed by atoms with van der Waals surface area (Å²) in [6, 6.07) is 0. The summed E-state index contributed by atoms with van der Waals surface area (Å²) in [7, 11) is 2.38. The number of alkyl halides is 1. The largest absolute Gasteiger partial charge is 1.00 e. The van der Waals surface area contributed by atoms with E-state index in [-0.39, 0.29) is 17.0 Å². The fourth-order valence-electron chi connectivity index (χ4n) is 1.76. The molecule has 68 valence electrons. The van der Waals surface area contributed by atoms with E-state index in [2.05, 4.69) is 23.0 Å². The molecular weight excluding hydrogens is 270 g/mol. The third-order valence-electron chi connectivity index (χ3n) is 2.48. The first-order valence-electron chi connectivity index (χ1n) is 4.16. The molecule has 0 aromatic heterocycles. The highest BCUT2D eigenvalue weighted by Crippen LogP contribution is 2.16. The Bertz CT molecular complexity index is 100. The number of likely N-dealkylation sites (tertiary alicyclic amines) is 1. The standard InChI is InChI=1S/C8H17BrN.BrH/c1-10(8-4-5-9)6-2-3-7-10;/h2-8H2,1H3;1H/q+1;/p-1. The molecule has 0 saturated carbocycles. The molecular formula is C8H17Br2N. The Balaban J connectivity index is 0.000001000. The number of hydrogen-bond donors (Lipinski definition) is 0. The summed E-state index contributed by atoms with van der Waals surface area (Å²) in [5, 5.41) is 1.17. The van der Waals surface area contributed by atoms with Crippen LogP contribution in [-0.2, 0) is 0 Å². The third kappa shape index (κ3) is 3.90. The molecule has 0 aliphatic carbocycles. The average molecular weight is 287 g/mol. The van der Waals surface area contributed by atoms with Crippen molar-refractivity contribution in [3.8, 4) is 0 Å². The minimum absolute atomic E-state index is 0. The van der Waals surface area contributed by atoms with E-state index >= 15 is 0 Å². The van der Waals surface area contributed by atoms with Gasteiger partial charge >= 0.3 is 0 Å². The molecule has 0 atom stereocenters. The van der Waals surface area contributed by atoms with Crippen LogP contribution in [0.4, 0.5) is 0 Å². The molecule has 1 aliphatic rings. The molecule has 0 amide bonds. The van der Waals surface area contributed by atoms with Gasteiger partial charge < -0.3 is 21.5 Å². The second-order valence-electron chi connectivity index (χ2n) is 3.54. The highest BCUT2D eigenvalue weighted by Gasteiger charge is 2.25. The zero-order valence-electron chi connectivity index (χ0n) is 7.15. The van der Waals surface area contributed by atoms with Crippen LogP contribution in [0.25, 0.3) is 0 Å². The van der Waals surface area contributed by atoms with Gasteiger partial charge in [-0.3, -0.25) is 0 Å². The van der Waals surface area contributed by atoms with Crippen molar-refractivity contribution in [2.45, 2.75) is 19.3 Å². The molecule has 1 saturated heterocycles. The Morgan fingerprint density at radius 2 is 1.82 bits per heavy atom. The van der Waals surface area contributed by atoms with Crippen molar-refractivity contribution >= 4 is 15.9 Å². The van der Waals surface area contributed by atoms with Crippen molar-refractivity contribution in [3.05, 3.63) is 0 Å². The fourth-order valence-corrected chi connectivity index (χ4v) is 2.01. The van der Waals surface area contributed by atoms with Crippen molar-refractivity contribution in [1.82, 2.24) is 0 Å². The highest BCUT2D eigenvalue weighted by molar-refractivity contribution is 9.09. The Labute approximate surface area is 88.6 Å². The van der Waals surface area contributed by atoms with Crippen LogP contribution in [0.3, 0.4) is 0 Å². The molecule has 1 fully saturated rings. The van der Waals surface area contributed by atoms with Gasteiger partial charge in [-0.25, -0.2) is 0 Å². The maximum absolute atomic E-state index is 3.47. The van der Waals surface area contributed by atoms with Crippen molar-refractivity contribution < 1.29 is 21.5 Å². The van der Waals surface area contributed by atoms with Crippen LogP contribution in [0.2, 0.25) is 0 Å². The van der Waals surface area contributed by atoms with E-state index < -0.39 is 0 Å². The van der Waals surface area contributed by atoms with Crippen LogP contribution in [0.5, 0.6) is 0 Å². The van der Waals surface area contributed by atoms with Crippen molar-refractivity contribution in [2.75, 3.05) is 32.0 Å². The quantitative estimate of drug-likeness (QED) is 0.462. The van der Waals surface area contributed by atoms with Gasteiger partial charge in [0.1, 0.15) is 0 Å². The normalized spacial score (nSPS) is 21.3. The Morgan fingerprint density at radius 3 is 2.27 bits per heavy atom. The maximum Gasteiger partial charge on any atom is 0.0792 e. The smallest absolute Gasteiger partial charge is 0.0792 e. The van der Waals surface area contributed by atoms with Crippen LogP contribution >= 0.6 is 15.9 Å². The van der Waals surface area contributed by atoms with Gasteiger partial charge in [0.2, 0.25) is 0 Å². The van der Waals surface area contributed by atoms with Crippen LogP contribution in [0.1, 0.15) is 19.3 Å². The van der Waals surface area contributed by atoms with Gasteiger partial charge in [-0.1, -0.05) is 15.9 Å². The van der Waals surface area contributed by atoms with Crippen LogP contribution < -0.4 is 17.0 Å². The first-order valence-corrected chi connectivity index (χ1v) is 5.28. The van der Waals surface area contributed by atoms with E-state index in [0.29, 0.717) is 0 Å². The minimum Gasteiger partial charge on any atom is -1.00 e. The molecule has 0 N–H and O–H groups in total. The van der Waals surface area contributed by atoms with Crippen molar-refractivity contribution in [3.63, 3.8) is 0 Å². The van der Waals surface area contributed by atoms with Crippen molar-refractivity contribution in [1.29, 1.82) is 0 Å². The van der Waals surface area contributed by atoms with E-state index in [0.717, 1.165) is 0 Å². The molecule has 11 heavy (non-hydrogen) atoms. The lowest BCUT2D eigenvalue weighted by molar-refractivity contribution is -0.897. The summed E-state index contributed by atoms with van der Waals surface area (Å²) < 4.78 is 1.32. The number of quaternary nitrogens is 1. The van der Waals surface area contributed by atoms with E-state index in [1.807, 2.05) is 0 Å². The lowest BCUT2D eigenvalue weighted by Crippen LogP contribution is -3.00. The zero-order chi connectivity index (χ0) is 7.45. The van der Waals surface area contributed by atoms with Gasteiger partial charge in [-0.15, -0.1) is 0 Å². The molecule has 0 spiro atoms. The number of nitrogens with zero attached hydrogens (tertiary/aromatic N) is 1. The zero-order valence-corrected chi connectivity index (χ0v) is 10.3. The Kier molecular flexibility index (Phi) is 6.01. The Morgan fingerprint density at radius 1 is 1.27 bits per heavy atom. The third-order valence-corrected chi connectivity index (χ3v) is 3.04. The molecule has 0 bridgehead atoms. The maximum atomic E-state index is 3.47. The molecule has 3 heteroatoms. The first kappa shape index (κ1) is 11.9. The lowest BCUT2D eigenvalue weighted by Gasteiger charge is -2.28. The number of hydrogen-bond acceptors (Lipinski definition) is 0. The molecule has 1 aliphatic heterocycles. The van der Waals surface area contributed by atoms with E-state index in [9.17, 15) is 0 Å². The summed E-state index contributed by atoms with van der Waals surface area (Å²) >= 11 is 3.47. The van der Waals surface area contributed by atoms with E-state index in [1.54, 1.807) is 0 Å². The predicted octanol–water partition coefficient (Wildman–Crippen LogP) is -0.984. The monoisotopic (exact) mass is 285 g/mol. The molecule has 0 radical (unpaired) electrons. The SMILES string of the molecule is C[N+]1(CCCBr)CCCC1.[Br-]. The van der Waals surface area contributed by atoms with Gasteiger partial charge in [-0.05, 0) is 0 Å². The molecule has 0 aromatic carbocycles. The minimum atomic E-state index is 0. The first-order chi connectivity index (χ1) is 4.77.